The highest BCUT2D eigenvalue weighted by Crippen LogP contribution is 2.28. The van der Waals surface area contributed by atoms with E-state index in [4.69, 9.17) is 18.6 Å². The van der Waals surface area contributed by atoms with Crippen molar-refractivity contribution < 1.29 is 23.4 Å². The fourth-order valence-corrected chi connectivity index (χ4v) is 4.69. The molecule has 0 amide bonds. The topological polar surface area (TPSA) is 87.9 Å². The number of fused-ring (bicyclic) bond motifs is 1. The number of rotatable bonds is 17. The van der Waals surface area contributed by atoms with Crippen LogP contribution in [0.4, 0.5) is 0 Å². The molecule has 0 aliphatic carbocycles. The summed E-state index contributed by atoms with van der Waals surface area (Å²) in [5.41, 5.74) is 1.67. The van der Waals surface area contributed by atoms with Crippen LogP contribution in [-0.2, 0) is 9.53 Å². The van der Waals surface area contributed by atoms with Crippen molar-refractivity contribution in [3.05, 3.63) is 52.4 Å². The number of ether oxygens (including phenoxy) is 3. The summed E-state index contributed by atoms with van der Waals surface area (Å²) in [5, 5.41) is 0.742. The van der Waals surface area contributed by atoms with Crippen LogP contribution in [0.15, 0.2) is 45.6 Å². The highest BCUT2D eigenvalue weighted by atomic mass is 16.5. The molecule has 0 saturated carbocycles. The normalized spacial score (nSPS) is 11.7. The number of esters is 1. The van der Waals surface area contributed by atoms with Gasteiger partial charge >= 0.3 is 11.6 Å². The minimum Gasteiger partial charge on any atom is -0.497 e. The molecule has 0 fully saturated rings. The van der Waals surface area contributed by atoms with Crippen molar-refractivity contribution in [2.24, 2.45) is 11.3 Å². The minimum atomic E-state index is -0.431. The lowest BCUT2D eigenvalue weighted by atomic mass is 9.85. The standard InChI is InChI=1S/C34H47NO6/c1-24(2)18-19-34(4,5)33(37)40-21-13-11-9-7-8-10-12-20-39-30-17-14-26-23-29(32(36)41-31(26)35-30)28-16-15-27(38-6)22-25(28)3/h14-17,22-24H,7-13,18-21H2,1-6H3. The zero-order chi connectivity index (χ0) is 29.8. The molecule has 2 aromatic heterocycles. The van der Waals surface area contributed by atoms with Gasteiger partial charge in [0.25, 0.3) is 0 Å². The van der Waals surface area contributed by atoms with Crippen LogP contribution in [-0.4, -0.2) is 31.3 Å². The van der Waals surface area contributed by atoms with Gasteiger partial charge in [0.2, 0.25) is 11.6 Å². The quantitative estimate of drug-likeness (QED) is 0.120. The number of hydrogen-bond acceptors (Lipinski definition) is 7. The van der Waals surface area contributed by atoms with Crippen LogP contribution in [0.2, 0.25) is 0 Å². The molecule has 3 aromatic rings. The van der Waals surface area contributed by atoms with Gasteiger partial charge in [-0.3, -0.25) is 4.79 Å². The molecular formula is C34H47NO6. The Morgan fingerprint density at radius 2 is 1.61 bits per heavy atom. The second-order valence-corrected chi connectivity index (χ2v) is 11.9. The highest BCUT2D eigenvalue weighted by molar-refractivity contribution is 5.80. The number of nitrogens with zero attached hydrogens (tertiary/aromatic N) is 1. The maximum absolute atomic E-state index is 12.7. The van der Waals surface area contributed by atoms with E-state index < -0.39 is 11.0 Å². The smallest absolute Gasteiger partial charge is 0.345 e. The fourth-order valence-electron chi connectivity index (χ4n) is 4.69. The Kier molecular flexibility index (Phi) is 12.2. The average Bonchev–Trinajstić information content (AvgIpc) is 2.94. The van der Waals surface area contributed by atoms with Crippen LogP contribution in [0.1, 0.15) is 91.0 Å². The number of unbranched alkanes of at least 4 members (excludes halogenated alkanes) is 6. The zero-order valence-corrected chi connectivity index (χ0v) is 25.7. The third kappa shape index (κ3) is 9.91. The summed E-state index contributed by atoms with van der Waals surface area (Å²) in [4.78, 5) is 29.4. The molecule has 2 heterocycles. The molecule has 0 aliphatic rings. The average molecular weight is 566 g/mol. The second-order valence-electron chi connectivity index (χ2n) is 11.9. The number of benzene rings is 1. The van der Waals surface area contributed by atoms with E-state index in [1.54, 1.807) is 7.11 Å². The molecule has 224 valence electrons. The lowest BCUT2D eigenvalue weighted by Gasteiger charge is -2.23. The van der Waals surface area contributed by atoms with Crippen molar-refractivity contribution in [3.8, 4) is 22.8 Å². The highest BCUT2D eigenvalue weighted by Gasteiger charge is 2.29. The van der Waals surface area contributed by atoms with E-state index in [-0.39, 0.29) is 11.7 Å². The van der Waals surface area contributed by atoms with Crippen LogP contribution in [0.5, 0.6) is 11.6 Å². The van der Waals surface area contributed by atoms with Gasteiger partial charge in [-0.2, -0.15) is 4.98 Å². The first-order valence-electron chi connectivity index (χ1n) is 15.0. The van der Waals surface area contributed by atoms with E-state index >= 15 is 0 Å². The monoisotopic (exact) mass is 565 g/mol. The molecule has 0 unspecified atom stereocenters. The molecule has 0 radical (unpaired) electrons. The Hall–Kier alpha value is -3.35. The molecule has 0 atom stereocenters. The van der Waals surface area contributed by atoms with Crippen molar-refractivity contribution in [3.63, 3.8) is 0 Å². The first-order chi connectivity index (χ1) is 19.6. The molecular weight excluding hydrogens is 518 g/mol. The van der Waals surface area contributed by atoms with Gasteiger partial charge < -0.3 is 18.6 Å². The van der Waals surface area contributed by atoms with Crippen molar-refractivity contribution in [1.29, 1.82) is 0 Å². The van der Waals surface area contributed by atoms with Gasteiger partial charge in [0.15, 0.2) is 0 Å². The van der Waals surface area contributed by atoms with E-state index in [1.165, 1.54) is 0 Å². The summed E-state index contributed by atoms with van der Waals surface area (Å²) in [7, 11) is 1.62. The van der Waals surface area contributed by atoms with Gasteiger partial charge in [-0.1, -0.05) is 52.0 Å². The van der Waals surface area contributed by atoms with Crippen molar-refractivity contribution in [1.82, 2.24) is 4.98 Å². The van der Waals surface area contributed by atoms with E-state index in [2.05, 4.69) is 18.8 Å². The molecule has 0 aliphatic heterocycles. The summed E-state index contributed by atoms with van der Waals surface area (Å²) in [6, 6.07) is 11.1. The van der Waals surface area contributed by atoms with Crippen LogP contribution in [0, 0.1) is 18.3 Å². The van der Waals surface area contributed by atoms with Crippen molar-refractivity contribution >= 4 is 17.1 Å². The molecule has 3 rings (SSSR count). The summed E-state index contributed by atoms with van der Waals surface area (Å²) in [6.07, 6.45) is 9.33. The summed E-state index contributed by atoms with van der Waals surface area (Å²) >= 11 is 0. The molecule has 0 bridgehead atoms. The number of carbonyl (C=O) groups is 1. The number of hydrogen-bond donors (Lipinski definition) is 0. The lowest BCUT2D eigenvalue weighted by molar-refractivity contribution is -0.154. The second kappa shape index (κ2) is 15.6. The fraction of sp³-hybridized carbons (Fsp3) is 0.559. The molecule has 7 heteroatoms. The number of pyridine rings is 1. The summed E-state index contributed by atoms with van der Waals surface area (Å²) in [5.74, 6) is 1.72. The van der Waals surface area contributed by atoms with Crippen molar-refractivity contribution in [2.45, 2.75) is 92.4 Å². The molecule has 41 heavy (non-hydrogen) atoms. The SMILES string of the molecule is COc1ccc(-c2cc3ccc(OCCCCCCCCCOC(=O)C(C)(C)CCC(C)C)nc3oc2=O)c(C)c1. The molecule has 0 saturated heterocycles. The van der Waals surface area contributed by atoms with Gasteiger partial charge in [-0.25, -0.2) is 4.79 Å². The van der Waals surface area contributed by atoms with Crippen LogP contribution in [0.3, 0.4) is 0 Å². The Morgan fingerprint density at radius 3 is 2.27 bits per heavy atom. The van der Waals surface area contributed by atoms with E-state index in [1.807, 2.05) is 57.2 Å². The van der Waals surface area contributed by atoms with E-state index in [0.717, 1.165) is 80.1 Å². The van der Waals surface area contributed by atoms with Crippen LogP contribution >= 0.6 is 0 Å². The lowest BCUT2D eigenvalue weighted by Crippen LogP contribution is -2.27. The number of carbonyl (C=O) groups excluding carboxylic acids is 1. The van der Waals surface area contributed by atoms with Crippen LogP contribution in [0.25, 0.3) is 22.2 Å². The van der Waals surface area contributed by atoms with E-state index in [9.17, 15) is 9.59 Å². The van der Waals surface area contributed by atoms with Gasteiger partial charge in [0, 0.05) is 11.5 Å². The Morgan fingerprint density at radius 1 is 0.927 bits per heavy atom. The number of aromatic nitrogens is 1. The third-order valence-electron chi connectivity index (χ3n) is 7.47. The van der Waals surface area contributed by atoms with Gasteiger partial charge in [0.05, 0.1) is 31.3 Å². The summed E-state index contributed by atoms with van der Waals surface area (Å²) in [6.45, 7) is 11.3. The Balaban J connectivity index is 1.32. The van der Waals surface area contributed by atoms with Gasteiger partial charge in [0.1, 0.15) is 5.75 Å². The zero-order valence-electron chi connectivity index (χ0n) is 25.7. The molecule has 0 spiro atoms. The maximum atomic E-state index is 12.7. The molecule has 7 nitrogen and oxygen atoms in total. The predicted octanol–water partition coefficient (Wildman–Crippen LogP) is 8.29. The largest absolute Gasteiger partial charge is 0.497 e. The molecule has 1 aromatic carbocycles. The summed E-state index contributed by atoms with van der Waals surface area (Å²) < 4.78 is 22.1. The third-order valence-corrected chi connectivity index (χ3v) is 7.47. The van der Waals surface area contributed by atoms with E-state index in [0.29, 0.717) is 30.6 Å². The molecule has 0 N–H and O–H groups in total. The predicted molar refractivity (Wildman–Crippen MR) is 164 cm³/mol. The number of aryl methyl sites for hydroxylation is 1. The number of methoxy groups -OCH3 is 1. The first kappa shape index (κ1) is 32.2. The first-order valence-corrected chi connectivity index (χ1v) is 15.0. The van der Waals surface area contributed by atoms with Gasteiger partial charge in [-0.15, -0.1) is 0 Å². The Bertz CT molecular complexity index is 1330. The minimum absolute atomic E-state index is 0.0745. The maximum Gasteiger partial charge on any atom is 0.345 e. The Labute approximate surface area is 244 Å². The van der Waals surface area contributed by atoms with Gasteiger partial charge in [-0.05, 0) is 87.8 Å². The van der Waals surface area contributed by atoms with Crippen LogP contribution < -0.4 is 15.1 Å². The van der Waals surface area contributed by atoms with Crippen molar-refractivity contribution in [2.75, 3.05) is 20.3 Å².